The summed E-state index contributed by atoms with van der Waals surface area (Å²) in [4.78, 5) is 12.0. The van der Waals surface area contributed by atoms with Crippen LogP contribution in [0.3, 0.4) is 0 Å². The van der Waals surface area contributed by atoms with Crippen molar-refractivity contribution in [3.63, 3.8) is 0 Å². The molecule has 2 aromatic carbocycles. The number of amides is 1. The van der Waals surface area contributed by atoms with Gasteiger partial charge in [0.05, 0.1) is 5.56 Å². The van der Waals surface area contributed by atoms with Gasteiger partial charge in [-0.3, -0.25) is 4.79 Å². The van der Waals surface area contributed by atoms with Crippen molar-refractivity contribution >= 4 is 37.8 Å². The first-order valence-corrected chi connectivity index (χ1v) is 7.23. The summed E-state index contributed by atoms with van der Waals surface area (Å²) in [5.74, 6) is -1.32. The number of benzene rings is 2. The first-order chi connectivity index (χ1) is 9.47. The van der Waals surface area contributed by atoms with Crippen LogP contribution in [0.4, 0.5) is 8.78 Å². The van der Waals surface area contributed by atoms with Crippen molar-refractivity contribution in [2.45, 2.75) is 6.54 Å². The lowest BCUT2D eigenvalue weighted by Crippen LogP contribution is -2.23. The number of halogens is 4. The topological polar surface area (TPSA) is 29.1 Å². The summed E-state index contributed by atoms with van der Waals surface area (Å²) in [6.45, 7) is 0.139. The van der Waals surface area contributed by atoms with E-state index in [-0.39, 0.29) is 17.9 Å². The predicted molar refractivity (Wildman–Crippen MR) is 79.4 cm³/mol. The maximum absolute atomic E-state index is 13.1. The molecule has 2 aromatic rings. The highest BCUT2D eigenvalue weighted by Crippen LogP contribution is 2.20. The van der Waals surface area contributed by atoms with Crippen molar-refractivity contribution < 1.29 is 13.6 Å². The van der Waals surface area contributed by atoms with Crippen molar-refractivity contribution in [3.8, 4) is 0 Å². The molecule has 0 unspecified atom stereocenters. The smallest absolute Gasteiger partial charge is 0.252 e. The molecule has 0 saturated carbocycles. The van der Waals surface area contributed by atoms with Crippen LogP contribution < -0.4 is 5.32 Å². The molecule has 0 aliphatic carbocycles. The van der Waals surface area contributed by atoms with E-state index in [1.807, 2.05) is 0 Å². The van der Waals surface area contributed by atoms with Crippen LogP contribution in [0.5, 0.6) is 0 Å². The molecule has 0 radical (unpaired) electrons. The minimum absolute atomic E-state index is 0.139. The fourth-order valence-corrected chi connectivity index (χ4v) is 2.43. The molecule has 104 valence electrons. The Balaban J connectivity index is 2.12. The van der Waals surface area contributed by atoms with E-state index in [9.17, 15) is 13.6 Å². The fraction of sp³-hybridized carbons (Fsp3) is 0.0714. The molecule has 0 spiro atoms. The molecule has 0 aliphatic heterocycles. The third-order valence-corrected chi connectivity index (χ3v) is 4.09. The molecule has 6 heteroatoms. The second-order valence-electron chi connectivity index (χ2n) is 4.04. The van der Waals surface area contributed by atoms with Crippen molar-refractivity contribution in [3.05, 3.63) is 68.1 Å². The van der Waals surface area contributed by atoms with E-state index in [1.54, 1.807) is 6.07 Å². The molecule has 20 heavy (non-hydrogen) atoms. The SMILES string of the molecule is O=C(NCc1cc(F)ccc1Br)c1cc(F)ccc1Br. The van der Waals surface area contributed by atoms with Crippen molar-refractivity contribution in [2.75, 3.05) is 0 Å². The van der Waals surface area contributed by atoms with Gasteiger partial charge in [-0.05, 0) is 57.9 Å². The molecular weight excluding hydrogens is 396 g/mol. The van der Waals surface area contributed by atoms with Gasteiger partial charge in [0.25, 0.3) is 5.91 Å². The predicted octanol–water partition coefficient (Wildman–Crippen LogP) is 4.42. The van der Waals surface area contributed by atoms with Crippen LogP contribution in [0.2, 0.25) is 0 Å². The van der Waals surface area contributed by atoms with Crippen LogP contribution in [0.1, 0.15) is 15.9 Å². The van der Waals surface area contributed by atoms with Gasteiger partial charge in [-0.25, -0.2) is 8.78 Å². The standard InChI is InChI=1S/C14H9Br2F2NO/c15-12-3-1-9(17)5-8(12)7-19-14(20)11-6-10(18)2-4-13(11)16/h1-6H,7H2,(H,19,20). The van der Waals surface area contributed by atoms with Gasteiger partial charge >= 0.3 is 0 Å². The second kappa shape index (κ2) is 6.45. The van der Waals surface area contributed by atoms with Gasteiger partial charge in [0.1, 0.15) is 11.6 Å². The Morgan fingerprint density at radius 2 is 1.60 bits per heavy atom. The Hall–Kier alpha value is -1.27. The van der Waals surface area contributed by atoms with Crippen LogP contribution in [-0.2, 0) is 6.54 Å². The largest absolute Gasteiger partial charge is 0.348 e. The summed E-state index contributed by atoms with van der Waals surface area (Å²) in [6.07, 6.45) is 0. The summed E-state index contributed by atoms with van der Waals surface area (Å²) in [6, 6.07) is 8.06. The molecule has 0 bridgehead atoms. The molecule has 1 amide bonds. The molecule has 2 nitrogen and oxygen atoms in total. The zero-order valence-electron chi connectivity index (χ0n) is 10.1. The minimum Gasteiger partial charge on any atom is -0.348 e. The first-order valence-electron chi connectivity index (χ1n) is 5.64. The van der Waals surface area contributed by atoms with Gasteiger partial charge in [-0.1, -0.05) is 15.9 Å². The normalized spacial score (nSPS) is 10.4. The minimum atomic E-state index is -0.495. The van der Waals surface area contributed by atoms with Crippen molar-refractivity contribution in [1.82, 2.24) is 5.32 Å². The van der Waals surface area contributed by atoms with E-state index in [1.165, 1.54) is 24.3 Å². The number of carbonyl (C=O) groups excluding carboxylic acids is 1. The Morgan fingerprint density at radius 3 is 2.30 bits per heavy atom. The number of hydrogen-bond donors (Lipinski definition) is 1. The molecule has 2 rings (SSSR count). The Labute approximate surface area is 131 Å². The van der Waals surface area contributed by atoms with Gasteiger partial charge in [0, 0.05) is 15.5 Å². The van der Waals surface area contributed by atoms with Gasteiger partial charge in [0.2, 0.25) is 0 Å². The number of hydrogen-bond acceptors (Lipinski definition) is 1. The highest BCUT2D eigenvalue weighted by Gasteiger charge is 2.11. The molecule has 0 atom stereocenters. The Bertz CT molecular complexity index is 662. The number of nitrogens with one attached hydrogen (secondary N) is 1. The van der Waals surface area contributed by atoms with Gasteiger partial charge < -0.3 is 5.32 Å². The molecule has 0 aromatic heterocycles. The van der Waals surface area contributed by atoms with Crippen LogP contribution >= 0.6 is 31.9 Å². The highest BCUT2D eigenvalue weighted by atomic mass is 79.9. The van der Waals surface area contributed by atoms with Crippen LogP contribution in [-0.4, -0.2) is 5.91 Å². The maximum atomic E-state index is 13.1. The van der Waals surface area contributed by atoms with Crippen molar-refractivity contribution in [1.29, 1.82) is 0 Å². The number of rotatable bonds is 3. The monoisotopic (exact) mass is 403 g/mol. The molecule has 0 heterocycles. The summed E-state index contributed by atoms with van der Waals surface area (Å²) in [7, 11) is 0. The molecule has 0 saturated heterocycles. The average molecular weight is 405 g/mol. The third kappa shape index (κ3) is 3.64. The highest BCUT2D eigenvalue weighted by molar-refractivity contribution is 9.10. The average Bonchev–Trinajstić information content (AvgIpc) is 2.42. The maximum Gasteiger partial charge on any atom is 0.252 e. The van der Waals surface area contributed by atoms with Crippen molar-refractivity contribution in [2.24, 2.45) is 0 Å². The second-order valence-corrected chi connectivity index (χ2v) is 5.75. The van der Waals surface area contributed by atoms with E-state index in [0.29, 0.717) is 14.5 Å². The first kappa shape index (κ1) is 15.1. The number of carbonyl (C=O) groups is 1. The Morgan fingerprint density at radius 1 is 1.00 bits per heavy atom. The summed E-state index contributed by atoms with van der Waals surface area (Å²) < 4.78 is 27.4. The van der Waals surface area contributed by atoms with Crippen LogP contribution in [0.25, 0.3) is 0 Å². The van der Waals surface area contributed by atoms with E-state index >= 15 is 0 Å². The lowest BCUT2D eigenvalue weighted by Gasteiger charge is -2.09. The molecular formula is C14H9Br2F2NO. The zero-order valence-corrected chi connectivity index (χ0v) is 13.3. The molecule has 0 fully saturated rings. The van der Waals surface area contributed by atoms with Crippen LogP contribution in [0.15, 0.2) is 45.3 Å². The fourth-order valence-electron chi connectivity index (χ4n) is 1.62. The Kier molecular flexibility index (Phi) is 4.88. The summed E-state index contributed by atoms with van der Waals surface area (Å²) in [5, 5.41) is 2.62. The third-order valence-electron chi connectivity index (χ3n) is 2.62. The summed E-state index contributed by atoms with van der Waals surface area (Å²) >= 11 is 6.46. The lowest BCUT2D eigenvalue weighted by molar-refractivity contribution is 0.0949. The summed E-state index contributed by atoms with van der Waals surface area (Å²) in [5.41, 5.74) is 0.795. The van der Waals surface area contributed by atoms with Crippen LogP contribution in [0, 0.1) is 11.6 Å². The van der Waals surface area contributed by atoms with E-state index < -0.39 is 11.7 Å². The quantitative estimate of drug-likeness (QED) is 0.805. The van der Waals surface area contributed by atoms with Gasteiger partial charge in [-0.15, -0.1) is 0 Å². The zero-order chi connectivity index (χ0) is 14.7. The molecule has 1 N–H and O–H groups in total. The van der Waals surface area contributed by atoms with Gasteiger partial charge in [-0.2, -0.15) is 0 Å². The van der Waals surface area contributed by atoms with Gasteiger partial charge in [0.15, 0.2) is 0 Å². The van der Waals surface area contributed by atoms with E-state index in [0.717, 1.165) is 6.07 Å². The molecule has 0 aliphatic rings. The van der Waals surface area contributed by atoms with E-state index in [2.05, 4.69) is 37.2 Å². The lowest BCUT2D eigenvalue weighted by atomic mass is 10.2. The van der Waals surface area contributed by atoms with E-state index in [4.69, 9.17) is 0 Å².